The van der Waals surface area contributed by atoms with Crippen LogP contribution in [0.25, 0.3) is 11.0 Å². The Morgan fingerprint density at radius 3 is 2.54 bits per heavy atom. The monoisotopic (exact) mass is 346 g/mol. The maximum Gasteiger partial charge on any atom is 0.300 e. The molecular weight excluding hydrogens is 328 g/mol. The summed E-state index contributed by atoms with van der Waals surface area (Å²) in [5.41, 5.74) is 1.75. The Balaban J connectivity index is 1.80. The molecule has 1 heterocycles. The van der Waals surface area contributed by atoms with Crippen molar-refractivity contribution in [1.82, 2.24) is 4.72 Å². The number of rotatable bonds is 4. The van der Waals surface area contributed by atoms with E-state index in [0.717, 1.165) is 22.9 Å². The molecule has 0 radical (unpaired) electrons. The summed E-state index contributed by atoms with van der Waals surface area (Å²) in [6.45, 7) is 3.88. The molecule has 1 N–H and O–H groups in total. The van der Waals surface area contributed by atoms with Crippen LogP contribution in [0.5, 0.6) is 0 Å². The van der Waals surface area contributed by atoms with Gasteiger partial charge in [0.1, 0.15) is 5.58 Å². The van der Waals surface area contributed by atoms with E-state index in [2.05, 4.69) is 6.07 Å². The molecule has 3 rings (SSSR count). The second-order valence-corrected chi connectivity index (χ2v) is 8.24. The van der Waals surface area contributed by atoms with Crippen LogP contribution in [0, 0.1) is 30.6 Å². The predicted molar refractivity (Wildman–Crippen MR) is 88.8 cm³/mol. The summed E-state index contributed by atoms with van der Waals surface area (Å²) in [6.07, 6.45) is 1.92. The van der Waals surface area contributed by atoms with Crippen molar-refractivity contribution in [3.63, 3.8) is 0 Å². The molecule has 6 nitrogen and oxygen atoms in total. The molecule has 7 heteroatoms. The standard InChI is InChI=1S/C17H18N2O4S/c1-11-6-13-8-15(23-14(13)7-12(11)2)16(20)19-24(21,22)10-17(9-18)4-3-5-17/h6-8H,3-5,10H2,1-2H3,(H,19,20). The molecule has 0 unspecified atom stereocenters. The van der Waals surface area contributed by atoms with Crippen LogP contribution in [0.4, 0.5) is 0 Å². The molecule has 0 aliphatic heterocycles. The number of furan rings is 1. The molecule has 1 aromatic carbocycles. The fraction of sp³-hybridized carbons (Fsp3) is 0.412. The van der Waals surface area contributed by atoms with Crippen LogP contribution >= 0.6 is 0 Å². The first kappa shape index (κ1) is 16.5. The van der Waals surface area contributed by atoms with Gasteiger partial charge in [0.05, 0.1) is 17.2 Å². The van der Waals surface area contributed by atoms with Gasteiger partial charge in [0.15, 0.2) is 5.76 Å². The van der Waals surface area contributed by atoms with Gasteiger partial charge in [-0.05, 0) is 56.0 Å². The molecule has 126 valence electrons. The highest BCUT2D eigenvalue weighted by atomic mass is 32.2. The molecule has 0 saturated heterocycles. The van der Waals surface area contributed by atoms with Gasteiger partial charge in [0.2, 0.25) is 10.0 Å². The van der Waals surface area contributed by atoms with Crippen molar-refractivity contribution >= 4 is 26.9 Å². The number of benzene rings is 1. The van der Waals surface area contributed by atoms with Crippen molar-refractivity contribution in [2.75, 3.05) is 5.75 Å². The van der Waals surface area contributed by atoms with Gasteiger partial charge in [-0.2, -0.15) is 5.26 Å². The zero-order chi connectivity index (χ0) is 17.5. The minimum atomic E-state index is -3.90. The average molecular weight is 346 g/mol. The summed E-state index contributed by atoms with van der Waals surface area (Å²) in [4.78, 5) is 12.2. The van der Waals surface area contributed by atoms with Gasteiger partial charge >= 0.3 is 0 Å². The maximum atomic E-state index is 12.2. The van der Waals surface area contributed by atoms with Gasteiger partial charge in [0, 0.05) is 5.39 Å². The fourth-order valence-corrected chi connectivity index (χ4v) is 4.43. The number of nitrogens with one attached hydrogen (secondary N) is 1. The van der Waals surface area contributed by atoms with Crippen LogP contribution in [-0.4, -0.2) is 20.1 Å². The van der Waals surface area contributed by atoms with Gasteiger partial charge in [-0.3, -0.25) is 4.79 Å². The van der Waals surface area contributed by atoms with Crippen molar-refractivity contribution in [2.45, 2.75) is 33.1 Å². The number of hydrogen-bond donors (Lipinski definition) is 1. The first-order valence-corrected chi connectivity index (χ1v) is 9.36. The van der Waals surface area contributed by atoms with Crippen LogP contribution in [-0.2, 0) is 10.0 Å². The van der Waals surface area contributed by atoms with Crippen LogP contribution in [0.3, 0.4) is 0 Å². The largest absolute Gasteiger partial charge is 0.451 e. The summed E-state index contributed by atoms with van der Waals surface area (Å²) >= 11 is 0. The Labute approximate surface area is 140 Å². The van der Waals surface area contributed by atoms with Gasteiger partial charge in [-0.1, -0.05) is 6.42 Å². The molecule has 24 heavy (non-hydrogen) atoms. The molecule has 1 aromatic heterocycles. The smallest absolute Gasteiger partial charge is 0.300 e. The third-order valence-electron chi connectivity index (χ3n) is 4.62. The summed E-state index contributed by atoms with van der Waals surface area (Å²) in [6, 6.07) is 7.29. The number of fused-ring (bicyclic) bond motifs is 1. The Hall–Kier alpha value is -2.33. The lowest BCUT2D eigenvalue weighted by molar-refractivity contribution is 0.0956. The van der Waals surface area contributed by atoms with E-state index in [1.165, 1.54) is 6.07 Å². The van der Waals surface area contributed by atoms with Gasteiger partial charge in [-0.25, -0.2) is 13.1 Å². The first-order valence-electron chi connectivity index (χ1n) is 7.70. The van der Waals surface area contributed by atoms with E-state index in [9.17, 15) is 13.2 Å². The van der Waals surface area contributed by atoms with Crippen molar-refractivity contribution < 1.29 is 17.6 Å². The lowest BCUT2D eigenvalue weighted by Gasteiger charge is -2.34. The van der Waals surface area contributed by atoms with E-state index in [1.54, 1.807) is 0 Å². The lowest BCUT2D eigenvalue weighted by Crippen LogP contribution is -2.42. The summed E-state index contributed by atoms with van der Waals surface area (Å²) < 4.78 is 31.8. The molecule has 0 spiro atoms. The molecule has 1 saturated carbocycles. The van der Waals surface area contributed by atoms with E-state index in [-0.39, 0.29) is 11.5 Å². The van der Waals surface area contributed by atoms with E-state index >= 15 is 0 Å². The van der Waals surface area contributed by atoms with Crippen LogP contribution in [0.1, 0.15) is 40.9 Å². The maximum absolute atomic E-state index is 12.2. The Kier molecular flexibility index (Phi) is 3.88. The summed E-state index contributed by atoms with van der Waals surface area (Å²) in [7, 11) is -3.90. The Bertz CT molecular complexity index is 923. The van der Waals surface area contributed by atoms with Crippen LogP contribution < -0.4 is 4.72 Å². The Morgan fingerprint density at radius 2 is 1.96 bits per heavy atom. The van der Waals surface area contributed by atoms with E-state index in [1.807, 2.05) is 30.7 Å². The third-order valence-corrected chi connectivity index (χ3v) is 6.05. The lowest BCUT2D eigenvalue weighted by atomic mass is 9.72. The summed E-state index contributed by atoms with van der Waals surface area (Å²) in [5, 5.41) is 9.90. The number of nitrogens with zero attached hydrogens (tertiary/aromatic N) is 1. The number of hydrogen-bond acceptors (Lipinski definition) is 5. The van der Waals surface area contributed by atoms with Crippen molar-refractivity contribution in [1.29, 1.82) is 5.26 Å². The summed E-state index contributed by atoms with van der Waals surface area (Å²) in [5.74, 6) is -1.23. The predicted octanol–water partition coefficient (Wildman–Crippen LogP) is 2.80. The molecule has 1 aliphatic rings. The third kappa shape index (κ3) is 3.02. The average Bonchev–Trinajstić information content (AvgIpc) is 2.86. The van der Waals surface area contributed by atoms with Crippen molar-refractivity contribution in [3.8, 4) is 6.07 Å². The second kappa shape index (κ2) is 5.64. The van der Waals surface area contributed by atoms with Gasteiger partial charge < -0.3 is 4.42 Å². The number of aryl methyl sites for hydroxylation is 2. The molecule has 2 aromatic rings. The molecule has 1 amide bonds. The number of amides is 1. The number of carbonyl (C=O) groups excluding carboxylic acids is 1. The SMILES string of the molecule is Cc1cc2cc(C(=O)NS(=O)(=O)CC3(C#N)CCC3)oc2cc1C. The topological polar surface area (TPSA) is 100 Å². The normalized spacial score (nSPS) is 16.4. The minimum absolute atomic E-state index is 0.0572. The zero-order valence-electron chi connectivity index (χ0n) is 13.5. The zero-order valence-corrected chi connectivity index (χ0v) is 14.4. The van der Waals surface area contributed by atoms with Gasteiger partial charge in [0.25, 0.3) is 5.91 Å². The Morgan fingerprint density at radius 1 is 1.29 bits per heavy atom. The molecular formula is C17H18N2O4S. The highest BCUT2D eigenvalue weighted by molar-refractivity contribution is 7.90. The molecule has 1 fully saturated rings. The van der Waals surface area contributed by atoms with Crippen LogP contribution in [0.2, 0.25) is 0 Å². The van der Waals surface area contributed by atoms with Crippen molar-refractivity contribution in [2.24, 2.45) is 5.41 Å². The van der Waals surface area contributed by atoms with Gasteiger partial charge in [-0.15, -0.1) is 0 Å². The second-order valence-electron chi connectivity index (χ2n) is 6.52. The number of carbonyl (C=O) groups is 1. The quantitative estimate of drug-likeness (QED) is 0.917. The fourth-order valence-electron chi connectivity index (χ4n) is 2.90. The molecule has 0 bridgehead atoms. The van der Waals surface area contributed by atoms with Crippen molar-refractivity contribution in [3.05, 3.63) is 35.1 Å². The van der Waals surface area contributed by atoms with E-state index in [4.69, 9.17) is 9.68 Å². The molecule has 1 aliphatic carbocycles. The molecule has 0 atom stereocenters. The highest BCUT2D eigenvalue weighted by Gasteiger charge is 2.42. The van der Waals surface area contributed by atoms with E-state index < -0.39 is 21.3 Å². The number of sulfonamides is 1. The first-order chi connectivity index (χ1) is 11.2. The number of nitriles is 1. The minimum Gasteiger partial charge on any atom is -0.451 e. The van der Waals surface area contributed by atoms with E-state index in [0.29, 0.717) is 18.4 Å². The van der Waals surface area contributed by atoms with Crippen LogP contribution in [0.15, 0.2) is 22.6 Å². The highest BCUT2D eigenvalue weighted by Crippen LogP contribution is 2.41.